The van der Waals surface area contributed by atoms with Crippen LogP contribution in [0.1, 0.15) is 20.8 Å². The number of amides is 1. The topological polar surface area (TPSA) is 75.4 Å². The van der Waals surface area contributed by atoms with Gasteiger partial charge in [-0.25, -0.2) is 4.68 Å². The van der Waals surface area contributed by atoms with Crippen LogP contribution in [0.5, 0.6) is 0 Å². The largest absolute Gasteiger partial charge is 0.392 e. The fraction of sp³-hybridized carbons (Fsp3) is 0.438. The van der Waals surface area contributed by atoms with Gasteiger partial charge in [-0.3, -0.25) is 9.59 Å². The number of nitrogens with zero attached hydrogens (tertiary/aromatic N) is 3. The second kappa shape index (κ2) is 6.70. The molecule has 1 amide bonds. The number of aromatic nitrogens is 2. The maximum atomic E-state index is 12.4. The normalized spacial score (nSPS) is 12.6. The van der Waals surface area contributed by atoms with Gasteiger partial charge in [-0.15, -0.1) is 0 Å². The van der Waals surface area contributed by atoms with Crippen molar-refractivity contribution >= 4 is 16.7 Å². The number of hydrogen-bond donors (Lipinski definition) is 1. The minimum absolute atomic E-state index is 0.0572. The van der Waals surface area contributed by atoms with E-state index >= 15 is 0 Å². The van der Waals surface area contributed by atoms with Gasteiger partial charge in [0.25, 0.3) is 5.56 Å². The van der Waals surface area contributed by atoms with Crippen LogP contribution < -0.4 is 5.56 Å². The van der Waals surface area contributed by atoms with Gasteiger partial charge >= 0.3 is 0 Å². The highest BCUT2D eigenvalue weighted by atomic mass is 16.3. The zero-order valence-corrected chi connectivity index (χ0v) is 13.1. The highest BCUT2D eigenvalue weighted by molar-refractivity contribution is 5.81. The summed E-state index contributed by atoms with van der Waals surface area (Å²) in [5.41, 5.74) is -0.285. The maximum absolute atomic E-state index is 12.4. The molecule has 0 spiro atoms. The second-order valence-electron chi connectivity index (χ2n) is 5.68. The van der Waals surface area contributed by atoms with Gasteiger partial charge in [0.15, 0.2) is 0 Å². The van der Waals surface area contributed by atoms with Crippen molar-refractivity contribution in [3.05, 3.63) is 40.8 Å². The van der Waals surface area contributed by atoms with Crippen LogP contribution in [0.25, 0.3) is 10.8 Å². The molecule has 6 heteroatoms. The average molecular weight is 303 g/mol. The Morgan fingerprint density at radius 1 is 1.32 bits per heavy atom. The van der Waals surface area contributed by atoms with Gasteiger partial charge in [0.1, 0.15) is 6.54 Å². The van der Waals surface area contributed by atoms with Gasteiger partial charge in [-0.2, -0.15) is 5.10 Å². The first-order valence-corrected chi connectivity index (χ1v) is 7.32. The molecule has 0 fully saturated rings. The minimum Gasteiger partial charge on any atom is -0.392 e. The fourth-order valence-electron chi connectivity index (χ4n) is 2.34. The Morgan fingerprint density at radius 2 is 2.00 bits per heavy atom. The lowest BCUT2D eigenvalue weighted by molar-refractivity contribution is -0.135. The highest BCUT2D eigenvalue weighted by Gasteiger charge is 2.20. The van der Waals surface area contributed by atoms with Crippen molar-refractivity contribution < 1.29 is 9.90 Å². The zero-order chi connectivity index (χ0) is 16.3. The standard InChI is InChI=1S/C16H21N3O3/c1-11(2)18(9-12(3)20)15(21)10-19-16(22)14-7-5-4-6-13(14)8-17-19/h4-8,11-12,20H,9-10H2,1-3H3. The Hall–Kier alpha value is -2.21. The Kier molecular flexibility index (Phi) is 4.92. The van der Waals surface area contributed by atoms with Crippen LogP contribution in [0, 0.1) is 0 Å². The van der Waals surface area contributed by atoms with Crippen LogP contribution in [0.4, 0.5) is 0 Å². The number of rotatable bonds is 5. The molecule has 1 heterocycles. The van der Waals surface area contributed by atoms with E-state index in [1.807, 2.05) is 26.0 Å². The number of aliphatic hydroxyl groups excluding tert-OH is 1. The summed E-state index contributed by atoms with van der Waals surface area (Å²) in [6.45, 7) is 5.48. The molecule has 2 aromatic rings. The molecule has 0 aliphatic rings. The number of carbonyl (C=O) groups is 1. The highest BCUT2D eigenvalue weighted by Crippen LogP contribution is 2.07. The van der Waals surface area contributed by atoms with E-state index in [1.165, 1.54) is 4.68 Å². The molecule has 6 nitrogen and oxygen atoms in total. The monoisotopic (exact) mass is 303 g/mol. The number of benzene rings is 1. The molecular formula is C16H21N3O3. The van der Waals surface area contributed by atoms with Crippen LogP contribution in [0.15, 0.2) is 35.3 Å². The van der Waals surface area contributed by atoms with Gasteiger partial charge in [0.05, 0.1) is 17.7 Å². The van der Waals surface area contributed by atoms with E-state index in [1.54, 1.807) is 30.2 Å². The lowest BCUT2D eigenvalue weighted by Gasteiger charge is -2.28. The SMILES string of the molecule is CC(O)CN(C(=O)Cn1ncc2ccccc2c1=O)C(C)C. The van der Waals surface area contributed by atoms with E-state index in [4.69, 9.17) is 0 Å². The summed E-state index contributed by atoms with van der Waals surface area (Å²) in [6.07, 6.45) is 0.964. The predicted molar refractivity (Wildman–Crippen MR) is 84.5 cm³/mol. The van der Waals surface area contributed by atoms with Crippen LogP contribution in [-0.4, -0.2) is 44.4 Å². The molecule has 0 aliphatic heterocycles. The minimum atomic E-state index is -0.618. The van der Waals surface area contributed by atoms with Crippen LogP contribution in [0.3, 0.4) is 0 Å². The first-order chi connectivity index (χ1) is 10.4. The van der Waals surface area contributed by atoms with Gasteiger partial charge in [-0.1, -0.05) is 18.2 Å². The first kappa shape index (κ1) is 16.2. The average Bonchev–Trinajstić information content (AvgIpc) is 2.47. The molecule has 1 aromatic carbocycles. The molecule has 0 saturated carbocycles. The molecular weight excluding hydrogens is 282 g/mol. The number of aliphatic hydroxyl groups is 1. The molecule has 0 bridgehead atoms. The Balaban J connectivity index is 2.28. The Morgan fingerprint density at radius 3 is 2.64 bits per heavy atom. The van der Waals surface area contributed by atoms with E-state index in [0.29, 0.717) is 5.39 Å². The van der Waals surface area contributed by atoms with Crippen molar-refractivity contribution in [2.24, 2.45) is 0 Å². The molecule has 118 valence electrons. The van der Waals surface area contributed by atoms with Crippen LogP contribution in [0.2, 0.25) is 0 Å². The third-order valence-corrected chi connectivity index (χ3v) is 3.45. The smallest absolute Gasteiger partial charge is 0.275 e. The Labute approximate surface area is 129 Å². The summed E-state index contributed by atoms with van der Waals surface area (Å²) >= 11 is 0. The van der Waals surface area contributed by atoms with Crippen molar-refractivity contribution in [3.63, 3.8) is 0 Å². The summed E-state index contributed by atoms with van der Waals surface area (Å²) in [6, 6.07) is 7.09. The molecule has 22 heavy (non-hydrogen) atoms. The van der Waals surface area contributed by atoms with E-state index in [2.05, 4.69) is 5.10 Å². The summed E-state index contributed by atoms with van der Waals surface area (Å²) in [7, 11) is 0. The third kappa shape index (κ3) is 3.51. The lowest BCUT2D eigenvalue weighted by Crippen LogP contribution is -2.44. The van der Waals surface area contributed by atoms with Gasteiger partial charge in [-0.05, 0) is 26.8 Å². The van der Waals surface area contributed by atoms with Gasteiger partial charge in [0.2, 0.25) is 5.91 Å². The van der Waals surface area contributed by atoms with E-state index in [0.717, 1.165) is 5.39 Å². The predicted octanol–water partition coefficient (Wildman–Crippen LogP) is 1.01. The fourth-order valence-corrected chi connectivity index (χ4v) is 2.34. The van der Waals surface area contributed by atoms with E-state index in [9.17, 15) is 14.7 Å². The first-order valence-electron chi connectivity index (χ1n) is 7.32. The number of fused-ring (bicyclic) bond motifs is 1. The van der Waals surface area contributed by atoms with Crippen LogP contribution >= 0.6 is 0 Å². The summed E-state index contributed by atoms with van der Waals surface area (Å²) < 4.78 is 1.17. The Bertz CT molecular complexity index is 722. The molecule has 1 atom stereocenters. The maximum Gasteiger partial charge on any atom is 0.275 e. The summed E-state index contributed by atoms with van der Waals surface area (Å²) in [5, 5.41) is 14.9. The molecule has 0 saturated heterocycles. The zero-order valence-electron chi connectivity index (χ0n) is 13.1. The quantitative estimate of drug-likeness (QED) is 0.894. The van der Waals surface area contributed by atoms with Crippen molar-refractivity contribution in [1.29, 1.82) is 0 Å². The van der Waals surface area contributed by atoms with Crippen molar-refractivity contribution in [3.8, 4) is 0 Å². The van der Waals surface area contributed by atoms with Gasteiger partial charge in [0, 0.05) is 18.0 Å². The van der Waals surface area contributed by atoms with E-state index in [-0.39, 0.29) is 30.6 Å². The lowest BCUT2D eigenvalue weighted by atomic mass is 10.2. The molecule has 1 N–H and O–H groups in total. The summed E-state index contributed by atoms with van der Waals surface area (Å²) in [5.74, 6) is -0.235. The van der Waals surface area contributed by atoms with Crippen LogP contribution in [-0.2, 0) is 11.3 Å². The molecule has 0 radical (unpaired) electrons. The van der Waals surface area contributed by atoms with Crippen molar-refractivity contribution in [1.82, 2.24) is 14.7 Å². The van der Waals surface area contributed by atoms with Crippen molar-refractivity contribution in [2.75, 3.05) is 6.54 Å². The molecule has 1 unspecified atom stereocenters. The number of hydrogen-bond acceptors (Lipinski definition) is 4. The molecule has 1 aromatic heterocycles. The molecule has 2 rings (SSSR count). The van der Waals surface area contributed by atoms with E-state index < -0.39 is 6.10 Å². The molecule has 0 aliphatic carbocycles. The second-order valence-corrected chi connectivity index (χ2v) is 5.68. The third-order valence-electron chi connectivity index (χ3n) is 3.45. The van der Waals surface area contributed by atoms with Crippen molar-refractivity contribution in [2.45, 2.75) is 39.5 Å². The van der Waals surface area contributed by atoms with Gasteiger partial charge < -0.3 is 10.0 Å². The number of carbonyl (C=O) groups excluding carboxylic acids is 1. The summed E-state index contributed by atoms with van der Waals surface area (Å²) in [4.78, 5) is 26.3.